The van der Waals surface area contributed by atoms with Crippen LogP contribution in [0.5, 0.6) is 17.2 Å². The van der Waals surface area contributed by atoms with E-state index in [9.17, 15) is 14.4 Å². The van der Waals surface area contributed by atoms with Crippen molar-refractivity contribution in [1.82, 2.24) is 5.32 Å². The number of carboxylic acid groups (broad SMARTS) is 1. The van der Waals surface area contributed by atoms with Gasteiger partial charge in [-0.3, -0.25) is 14.4 Å². The highest BCUT2D eigenvalue weighted by Crippen LogP contribution is 2.29. The number of carbonyl (C=O) groups excluding carboxylic acids is 1. The SMILES string of the molecule is Cc1oc2cc(OCC(=O)NCC3CCC(C(=O)O)CC3)ccc2c(=O)c1Oc1ccccc1. The number of hydrogen-bond acceptors (Lipinski definition) is 6. The molecule has 2 N–H and O–H groups in total. The van der Waals surface area contributed by atoms with Crippen LogP contribution in [0.4, 0.5) is 0 Å². The van der Waals surface area contributed by atoms with E-state index >= 15 is 0 Å². The summed E-state index contributed by atoms with van der Waals surface area (Å²) in [6, 6.07) is 13.8. The zero-order valence-electron chi connectivity index (χ0n) is 18.9. The van der Waals surface area contributed by atoms with Gasteiger partial charge < -0.3 is 24.3 Å². The third-order valence-electron chi connectivity index (χ3n) is 6.10. The van der Waals surface area contributed by atoms with Gasteiger partial charge in [0.25, 0.3) is 5.91 Å². The van der Waals surface area contributed by atoms with Gasteiger partial charge in [-0.25, -0.2) is 0 Å². The molecule has 178 valence electrons. The van der Waals surface area contributed by atoms with E-state index in [-0.39, 0.29) is 35.5 Å². The van der Waals surface area contributed by atoms with E-state index in [1.807, 2.05) is 18.2 Å². The van der Waals surface area contributed by atoms with Crippen LogP contribution in [0, 0.1) is 18.8 Å². The van der Waals surface area contributed by atoms with Crippen LogP contribution in [-0.2, 0) is 9.59 Å². The van der Waals surface area contributed by atoms with Gasteiger partial charge in [0.05, 0.1) is 11.3 Å². The van der Waals surface area contributed by atoms with Crippen molar-refractivity contribution >= 4 is 22.8 Å². The summed E-state index contributed by atoms with van der Waals surface area (Å²) in [5.41, 5.74) is 0.0560. The summed E-state index contributed by atoms with van der Waals surface area (Å²) in [7, 11) is 0. The monoisotopic (exact) mass is 465 g/mol. The highest BCUT2D eigenvalue weighted by atomic mass is 16.5. The first-order valence-electron chi connectivity index (χ1n) is 11.3. The summed E-state index contributed by atoms with van der Waals surface area (Å²) in [6.07, 6.45) is 2.87. The van der Waals surface area contributed by atoms with Gasteiger partial charge in [-0.1, -0.05) is 18.2 Å². The Hall–Kier alpha value is -3.81. The summed E-state index contributed by atoms with van der Waals surface area (Å²) in [4.78, 5) is 36.1. The Bertz CT molecular complexity index is 1230. The fourth-order valence-corrected chi connectivity index (χ4v) is 4.15. The predicted octanol–water partition coefficient (Wildman–Crippen LogP) is 4.28. The zero-order valence-corrected chi connectivity index (χ0v) is 18.9. The first kappa shape index (κ1) is 23.4. The summed E-state index contributed by atoms with van der Waals surface area (Å²) < 4.78 is 17.1. The molecular weight excluding hydrogens is 438 g/mol. The van der Waals surface area contributed by atoms with Crippen molar-refractivity contribution in [3.05, 3.63) is 64.5 Å². The van der Waals surface area contributed by atoms with Gasteiger partial charge in [0.1, 0.15) is 22.8 Å². The maximum atomic E-state index is 12.9. The molecule has 0 spiro atoms. The number of benzene rings is 2. The van der Waals surface area contributed by atoms with Gasteiger partial charge in [-0.15, -0.1) is 0 Å². The van der Waals surface area contributed by atoms with Gasteiger partial charge in [-0.05, 0) is 62.8 Å². The molecule has 0 bridgehead atoms. The molecule has 4 rings (SSSR count). The van der Waals surface area contributed by atoms with Crippen LogP contribution < -0.4 is 20.2 Å². The lowest BCUT2D eigenvalue weighted by atomic mass is 9.82. The quantitative estimate of drug-likeness (QED) is 0.510. The number of fused-ring (bicyclic) bond motifs is 1. The van der Waals surface area contributed by atoms with Crippen molar-refractivity contribution in [2.75, 3.05) is 13.2 Å². The number of rotatable bonds is 8. The number of aliphatic carboxylic acids is 1. The van der Waals surface area contributed by atoms with Crippen molar-refractivity contribution < 1.29 is 28.6 Å². The molecule has 1 aliphatic carbocycles. The number of hydrogen-bond donors (Lipinski definition) is 2. The van der Waals surface area contributed by atoms with Crippen LogP contribution in [0.15, 0.2) is 57.7 Å². The molecule has 1 aromatic heterocycles. The van der Waals surface area contributed by atoms with Crippen molar-refractivity contribution in [1.29, 1.82) is 0 Å². The smallest absolute Gasteiger partial charge is 0.306 e. The standard InChI is InChI=1S/C26H27NO7/c1-16-25(34-19-5-3-2-4-6-19)24(29)21-12-11-20(13-22(21)33-16)32-15-23(28)27-14-17-7-9-18(10-8-17)26(30)31/h2-6,11-13,17-18H,7-10,14-15H2,1H3,(H,27,28)(H,30,31). The molecular formula is C26H27NO7. The second-order valence-corrected chi connectivity index (χ2v) is 8.54. The molecule has 1 aliphatic rings. The summed E-state index contributed by atoms with van der Waals surface area (Å²) >= 11 is 0. The number of para-hydroxylation sites is 1. The van der Waals surface area contributed by atoms with Gasteiger partial charge in [0.15, 0.2) is 6.61 Å². The Labute approximate surface area is 196 Å². The lowest BCUT2D eigenvalue weighted by Crippen LogP contribution is -2.35. The minimum atomic E-state index is -0.739. The summed E-state index contributed by atoms with van der Waals surface area (Å²) in [6.45, 7) is 1.99. The van der Waals surface area contributed by atoms with E-state index in [2.05, 4.69) is 5.32 Å². The largest absolute Gasteiger partial charge is 0.484 e. The van der Waals surface area contributed by atoms with Gasteiger partial charge in [0.2, 0.25) is 11.2 Å². The van der Waals surface area contributed by atoms with Crippen LogP contribution in [0.3, 0.4) is 0 Å². The maximum absolute atomic E-state index is 12.9. The van der Waals surface area contributed by atoms with Crippen LogP contribution in [-0.4, -0.2) is 30.1 Å². The van der Waals surface area contributed by atoms with Crippen molar-refractivity contribution in [2.45, 2.75) is 32.6 Å². The molecule has 0 saturated heterocycles. The molecule has 1 saturated carbocycles. The maximum Gasteiger partial charge on any atom is 0.306 e. The lowest BCUT2D eigenvalue weighted by molar-refractivity contribution is -0.143. The van der Waals surface area contributed by atoms with Gasteiger partial charge in [-0.2, -0.15) is 0 Å². The molecule has 1 amide bonds. The van der Waals surface area contributed by atoms with E-state index in [1.165, 1.54) is 0 Å². The molecule has 8 heteroatoms. The van der Waals surface area contributed by atoms with Gasteiger partial charge >= 0.3 is 5.97 Å². The van der Waals surface area contributed by atoms with Crippen LogP contribution in [0.2, 0.25) is 0 Å². The normalized spacial score (nSPS) is 17.8. The molecule has 0 aliphatic heterocycles. The minimum Gasteiger partial charge on any atom is -0.484 e. The molecule has 8 nitrogen and oxygen atoms in total. The van der Waals surface area contributed by atoms with Crippen molar-refractivity contribution in [3.63, 3.8) is 0 Å². The van der Waals surface area contributed by atoms with Crippen LogP contribution in [0.1, 0.15) is 31.4 Å². The highest BCUT2D eigenvalue weighted by molar-refractivity contribution is 5.80. The number of nitrogens with one attached hydrogen (secondary N) is 1. The first-order valence-corrected chi connectivity index (χ1v) is 11.3. The number of ether oxygens (including phenoxy) is 2. The second-order valence-electron chi connectivity index (χ2n) is 8.54. The summed E-state index contributed by atoms with van der Waals surface area (Å²) in [5, 5.41) is 12.3. The number of carboxylic acids is 1. The molecule has 0 unspecified atom stereocenters. The molecule has 1 heterocycles. The number of aryl methyl sites for hydroxylation is 1. The predicted molar refractivity (Wildman–Crippen MR) is 125 cm³/mol. The molecule has 0 atom stereocenters. The minimum absolute atomic E-state index is 0.129. The van der Waals surface area contributed by atoms with E-state index in [1.54, 1.807) is 37.3 Å². The second kappa shape index (κ2) is 10.4. The highest BCUT2D eigenvalue weighted by Gasteiger charge is 2.26. The molecule has 34 heavy (non-hydrogen) atoms. The average Bonchev–Trinajstić information content (AvgIpc) is 2.84. The van der Waals surface area contributed by atoms with Crippen LogP contribution in [0.25, 0.3) is 11.0 Å². The van der Waals surface area contributed by atoms with E-state index < -0.39 is 5.97 Å². The molecule has 2 aromatic carbocycles. The average molecular weight is 466 g/mol. The Morgan fingerprint density at radius 3 is 2.50 bits per heavy atom. The Morgan fingerprint density at radius 1 is 1.06 bits per heavy atom. The Morgan fingerprint density at radius 2 is 1.79 bits per heavy atom. The summed E-state index contributed by atoms with van der Waals surface area (Å²) in [5.74, 6) is 0.430. The van der Waals surface area contributed by atoms with Crippen molar-refractivity contribution in [3.8, 4) is 17.2 Å². The third kappa shape index (κ3) is 5.57. The first-order chi connectivity index (χ1) is 16.4. The van der Waals surface area contributed by atoms with Crippen molar-refractivity contribution in [2.24, 2.45) is 11.8 Å². The Balaban J connectivity index is 1.34. The fraction of sp³-hybridized carbons (Fsp3) is 0.346. The van der Waals surface area contributed by atoms with E-state index in [0.29, 0.717) is 47.6 Å². The fourth-order valence-electron chi connectivity index (χ4n) is 4.15. The van der Waals surface area contributed by atoms with E-state index in [4.69, 9.17) is 19.0 Å². The third-order valence-corrected chi connectivity index (χ3v) is 6.10. The molecule has 0 radical (unpaired) electrons. The van der Waals surface area contributed by atoms with Crippen LogP contribution >= 0.6 is 0 Å². The lowest BCUT2D eigenvalue weighted by Gasteiger charge is -2.26. The molecule has 3 aromatic rings. The molecule has 1 fully saturated rings. The topological polar surface area (TPSA) is 115 Å². The number of amides is 1. The zero-order chi connectivity index (χ0) is 24.1. The van der Waals surface area contributed by atoms with Gasteiger partial charge in [0, 0.05) is 12.6 Å². The number of carbonyl (C=O) groups is 2. The Kier molecular flexibility index (Phi) is 7.15. The van der Waals surface area contributed by atoms with E-state index in [0.717, 1.165) is 12.8 Å².